The van der Waals surface area contributed by atoms with Gasteiger partial charge in [0.05, 0.1) is 29.9 Å². The first kappa shape index (κ1) is 25.0. The molecule has 8 nitrogen and oxygen atoms in total. The number of benzene rings is 3. The van der Waals surface area contributed by atoms with Crippen molar-refractivity contribution in [3.05, 3.63) is 111 Å². The lowest BCUT2D eigenvalue weighted by molar-refractivity contribution is -0.384. The largest absolute Gasteiger partial charge is 0.378 e. The van der Waals surface area contributed by atoms with Gasteiger partial charge in [0.1, 0.15) is 5.69 Å². The Morgan fingerprint density at radius 2 is 1.72 bits per heavy atom. The summed E-state index contributed by atoms with van der Waals surface area (Å²) in [7, 11) is 0. The number of hydrogen-bond donors (Lipinski definition) is 0. The lowest BCUT2D eigenvalue weighted by Crippen LogP contribution is -2.36. The molecule has 0 bridgehead atoms. The van der Waals surface area contributed by atoms with E-state index in [1.54, 1.807) is 17.1 Å². The van der Waals surface area contributed by atoms with Crippen LogP contribution in [0.3, 0.4) is 0 Å². The third-order valence-corrected chi connectivity index (χ3v) is 7.76. The van der Waals surface area contributed by atoms with E-state index in [0.717, 1.165) is 41.7 Å². The fraction of sp³-hybridized carbons (Fsp3) is 0.290. The first-order chi connectivity index (χ1) is 19.1. The van der Waals surface area contributed by atoms with Crippen molar-refractivity contribution in [3.63, 3.8) is 0 Å². The highest BCUT2D eigenvalue weighted by atomic mass is 16.6. The summed E-state index contributed by atoms with van der Waals surface area (Å²) in [5.74, 6) is -0.274. The number of hydrogen-bond acceptors (Lipinski definition) is 6. The van der Waals surface area contributed by atoms with Crippen molar-refractivity contribution in [3.8, 4) is 0 Å². The summed E-state index contributed by atoms with van der Waals surface area (Å²) in [6.45, 7) is 2.18. The molecular weight excluding hydrogens is 492 g/mol. The number of fused-ring (bicyclic) bond motifs is 1. The molecule has 0 N–H and O–H groups in total. The molecule has 2 atom stereocenters. The van der Waals surface area contributed by atoms with Gasteiger partial charge < -0.3 is 9.64 Å². The van der Waals surface area contributed by atoms with E-state index < -0.39 is 4.92 Å². The fourth-order valence-electron chi connectivity index (χ4n) is 5.91. The number of nitrogens with zero attached hydrogens (tertiary/aromatic N) is 4. The number of nitro benzene ring substituents is 1. The first-order valence-corrected chi connectivity index (χ1v) is 13.4. The van der Waals surface area contributed by atoms with E-state index in [4.69, 9.17) is 9.84 Å². The van der Waals surface area contributed by atoms with Crippen LogP contribution in [-0.2, 0) is 4.74 Å². The molecular formula is C31H30N4O4. The molecule has 1 aliphatic carbocycles. The van der Waals surface area contributed by atoms with Crippen molar-refractivity contribution in [1.29, 1.82) is 0 Å². The van der Waals surface area contributed by atoms with E-state index in [-0.39, 0.29) is 29.1 Å². The number of carbonyl (C=O) groups excluding carboxylic acids is 1. The summed E-state index contributed by atoms with van der Waals surface area (Å²) in [5, 5.41) is 18.6. The van der Waals surface area contributed by atoms with Crippen LogP contribution in [0.25, 0.3) is 6.08 Å². The maximum absolute atomic E-state index is 14.0. The second-order valence-corrected chi connectivity index (χ2v) is 10.1. The van der Waals surface area contributed by atoms with Gasteiger partial charge >= 0.3 is 0 Å². The van der Waals surface area contributed by atoms with Crippen molar-refractivity contribution >= 4 is 29.1 Å². The number of rotatable bonds is 5. The number of hydrazone groups is 1. The van der Waals surface area contributed by atoms with Crippen LogP contribution in [-0.4, -0.2) is 47.9 Å². The van der Waals surface area contributed by atoms with Gasteiger partial charge in [0.15, 0.2) is 0 Å². The Bertz CT molecular complexity index is 1430. The molecule has 0 radical (unpaired) electrons. The molecule has 3 aliphatic rings. The smallest absolute Gasteiger partial charge is 0.293 e. The number of morpholine rings is 1. The molecule has 198 valence electrons. The molecule has 1 saturated heterocycles. The predicted octanol–water partition coefficient (Wildman–Crippen LogP) is 5.87. The minimum atomic E-state index is -0.410. The number of ether oxygens (including phenoxy) is 1. The molecule has 1 amide bonds. The minimum Gasteiger partial charge on any atom is -0.378 e. The lowest BCUT2D eigenvalue weighted by Gasteiger charge is -2.30. The molecule has 3 aromatic carbocycles. The maximum Gasteiger partial charge on any atom is 0.293 e. The number of carbonyl (C=O) groups is 1. The zero-order valence-corrected chi connectivity index (χ0v) is 21.6. The molecule has 6 rings (SSSR count). The molecule has 0 spiro atoms. The topological polar surface area (TPSA) is 88.3 Å². The van der Waals surface area contributed by atoms with E-state index >= 15 is 0 Å². The van der Waals surface area contributed by atoms with Gasteiger partial charge in [0.2, 0.25) is 0 Å². The Morgan fingerprint density at radius 1 is 1.00 bits per heavy atom. The second kappa shape index (κ2) is 10.8. The zero-order valence-electron chi connectivity index (χ0n) is 21.6. The van der Waals surface area contributed by atoms with Crippen LogP contribution in [0.5, 0.6) is 0 Å². The van der Waals surface area contributed by atoms with E-state index in [9.17, 15) is 14.9 Å². The van der Waals surface area contributed by atoms with E-state index in [2.05, 4.69) is 18.2 Å². The number of anilines is 1. The number of amides is 1. The Hall–Kier alpha value is -4.30. The highest BCUT2D eigenvalue weighted by molar-refractivity contribution is 6.09. The average Bonchev–Trinajstić information content (AvgIpc) is 3.38. The maximum atomic E-state index is 14.0. The highest BCUT2D eigenvalue weighted by Gasteiger charge is 2.44. The molecule has 0 aromatic heterocycles. The van der Waals surface area contributed by atoms with Crippen LogP contribution >= 0.6 is 0 Å². The standard InChI is InChI=1S/C31H30N4O4/c36-31(25-14-15-27(28(21-25)35(37)38)33-16-18-39-19-17-33)34-30(23-10-5-2-6-11-23)26-13-7-12-24(29(26)32-34)20-22-8-3-1-4-9-22/h1-6,8-11,14-15,20-21,26,30H,7,12-13,16-19H2/b24-20+/t26-,30-/m0/s1. The molecule has 2 fully saturated rings. The fourth-order valence-corrected chi connectivity index (χ4v) is 5.91. The highest BCUT2D eigenvalue weighted by Crippen LogP contribution is 2.45. The van der Waals surface area contributed by atoms with Crippen LogP contribution < -0.4 is 4.90 Å². The summed E-state index contributed by atoms with van der Waals surface area (Å²) in [6, 6.07) is 24.6. The summed E-state index contributed by atoms with van der Waals surface area (Å²) in [4.78, 5) is 27.6. The van der Waals surface area contributed by atoms with Gasteiger partial charge in [0, 0.05) is 30.6 Å². The van der Waals surface area contributed by atoms with Gasteiger partial charge in [-0.05, 0) is 54.2 Å². The molecule has 39 heavy (non-hydrogen) atoms. The van der Waals surface area contributed by atoms with Crippen LogP contribution in [0.2, 0.25) is 0 Å². The van der Waals surface area contributed by atoms with Crippen molar-refractivity contribution in [1.82, 2.24) is 5.01 Å². The molecule has 8 heteroatoms. The number of nitro groups is 1. The molecule has 1 saturated carbocycles. The SMILES string of the molecule is O=C(c1ccc(N2CCOCC2)c([N+](=O)[O-])c1)N1N=C2/C(=C/c3ccccc3)CCC[C@@H]2[C@@H]1c1ccccc1. The molecule has 2 aliphatic heterocycles. The molecule has 0 unspecified atom stereocenters. The Kier molecular flexibility index (Phi) is 6.94. The van der Waals surface area contributed by atoms with Gasteiger partial charge in [-0.2, -0.15) is 5.10 Å². The monoisotopic (exact) mass is 522 g/mol. The predicted molar refractivity (Wildman–Crippen MR) is 151 cm³/mol. The normalized spacial score (nSPS) is 21.9. The summed E-state index contributed by atoms with van der Waals surface area (Å²) in [5.41, 5.74) is 4.88. The van der Waals surface area contributed by atoms with Gasteiger partial charge in [0.25, 0.3) is 11.6 Å². The van der Waals surface area contributed by atoms with Crippen LogP contribution in [0.1, 0.15) is 46.8 Å². The summed E-state index contributed by atoms with van der Waals surface area (Å²) >= 11 is 0. The molecule has 3 aromatic rings. The second-order valence-electron chi connectivity index (χ2n) is 10.1. The van der Waals surface area contributed by atoms with Gasteiger partial charge in [-0.15, -0.1) is 0 Å². The molecule has 2 heterocycles. The Morgan fingerprint density at radius 3 is 2.44 bits per heavy atom. The van der Waals surface area contributed by atoms with Gasteiger partial charge in [-0.1, -0.05) is 60.7 Å². The number of allylic oxidation sites excluding steroid dienone is 1. The van der Waals surface area contributed by atoms with Crippen LogP contribution in [0.15, 0.2) is 89.5 Å². The van der Waals surface area contributed by atoms with Gasteiger partial charge in [-0.25, -0.2) is 5.01 Å². The van der Waals surface area contributed by atoms with Crippen molar-refractivity contribution in [2.24, 2.45) is 11.0 Å². The Balaban J connectivity index is 1.39. The third kappa shape index (κ3) is 4.95. The first-order valence-electron chi connectivity index (χ1n) is 13.4. The van der Waals surface area contributed by atoms with Gasteiger partial charge in [-0.3, -0.25) is 14.9 Å². The zero-order chi connectivity index (χ0) is 26.8. The lowest BCUT2D eigenvalue weighted by atomic mass is 9.77. The van der Waals surface area contributed by atoms with Crippen molar-refractivity contribution < 1.29 is 14.5 Å². The summed E-state index contributed by atoms with van der Waals surface area (Å²) in [6.07, 6.45) is 4.99. The third-order valence-electron chi connectivity index (χ3n) is 7.76. The summed E-state index contributed by atoms with van der Waals surface area (Å²) < 4.78 is 5.41. The van der Waals surface area contributed by atoms with Crippen LogP contribution in [0.4, 0.5) is 11.4 Å². The van der Waals surface area contributed by atoms with E-state index in [0.29, 0.717) is 32.0 Å². The van der Waals surface area contributed by atoms with Crippen molar-refractivity contribution in [2.45, 2.75) is 25.3 Å². The van der Waals surface area contributed by atoms with E-state index in [1.165, 1.54) is 6.07 Å². The Labute approximate surface area is 227 Å². The van der Waals surface area contributed by atoms with Crippen molar-refractivity contribution in [2.75, 3.05) is 31.2 Å². The van der Waals surface area contributed by atoms with Crippen LogP contribution in [0, 0.1) is 16.0 Å². The van der Waals surface area contributed by atoms with E-state index in [1.807, 2.05) is 53.4 Å². The quantitative estimate of drug-likeness (QED) is 0.309. The minimum absolute atomic E-state index is 0.0580. The average molecular weight is 523 g/mol.